The number of hydrogen-bond donors (Lipinski definition) is 0. The van der Waals surface area contributed by atoms with Crippen molar-refractivity contribution in [3.05, 3.63) is 0 Å². The van der Waals surface area contributed by atoms with Crippen LogP contribution in [0.4, 0.5) is 0 Å². The highest BCUT2D eigenvalue weighted by Crippen LogP contribution is 2.38. The fourth-order valence-electron chi connectivity index (χ4n) is 3.30. The third-order valence-corrected chi connectivity index (χ3v) is 12.8. The monoisotopic (exact) mass is 202 g/mol. The van der Waals surface area contributed by atoms with Crippen LogP contribution in [0.5, 0.6) is 0 Å². The number of rotatable bonds is 3. The van der Waals surface area contributed by atoms with E-state index in [9.17, 15) is 0 Å². The Morgan fingerprint density at radius 3 is 0.917 bits per heavy atom. The summed E-state index contributed by atoms with van der Waals surface area (Å²) in [6.07, 6.45) is 0. The largest absolute Gasteiger partial charge is 0.0695 e. The molecule has 0 saturated carbocycles. The van der Waals surface area contributed by atoms with Gasteiger partial charge in [0.05, 0.1) is 0 Å². The lowest BCUT2D eigenvalue weighted by Crippen LogP contribution is -2.46. The van der Waals surface area contributed by atoms with E-state index >= 15 is 0 Å². The van der Waals surface area contributed by atoms with Crippen molar-refractivity contribution >= 4 is 16.1 Å². The average Bonchev–Trinajstić information content (AvgIpc) is 1.49. The smallest absolute Gasteiger partial charge is 0.0449 e. The summed E-state index contributed by atoms with van der Waals surface area (Å²) in [5.41, 5.74) is 0. The molecule has 74 valence electrons. The summed E-state index contributed by atoms with van der Waals surface area (Å²) in [5.74, 6) is 0.892. The van der Waals surface area contributed by atoms with E-state index in [-0.39, 0.29) is 0 Å². The maximum atomic E-state index is 2.52. The van der Waals surface area contributed by atoms with Crippen molar-refractivity contribution < 1.29 is 0 Å². The predicted octanol–water partition coefficient (Wildman–Crippen LogP) is 4.23. The molecule has 0 aliphatic carbocycles. The lowest BCUT2D eigenvalue weighted by molar-refractivity contribution is 0.667. The van der Waals surface area contributed by atoms with E-state index in [1.54, 1.807) is 0 Å². The molecule has 0 N–H and O–H groups in total. The van der Waals surface area contributed by atoms with Gasteiger partial charge < -0.3 is 0 Å². The lowest BCUT2D eigenvalue weighted by Gasteiger charge is -2.41. The minimum absolute atomic E-state index is 0.892. The zero-order valence-corrected chi connectivity index (χ0v) is 12.2. The van der Waals surface area contributed by atoms with E-state index in [0.717, 1.165) is 11.1 Å². The second-order valence-corrected chi connectivity index (χ2v) is 17.7. The van der Waals surface area contributed by atoms with Gasteiger partial charge in [0.15, 0.2) is 0 Å². The van der Waals surface area contributed by atoms with Crippen molar-refractivity contribution in [2.75, 3.05) is 0 Å². The summed E-state index contributed by atoms with van der Waals surface area (Å²) >= 11 is 0. The zero-order valence-electron chi connectivity index (χ0n) is 10.2. The van der Waals surface area contributed by atoms with Gasteiger partial charge in [-0.2, -0.15) is 0 Å². The fourth-order valence-corrected chi connectivity index (χ4v) is 17.7. The van der Waals surface area contributed by atoms with Gasteiger partial charge in [-0.25, -0.2) is 0 Å². The Bertz CT molecular complexity index is 123. The van der Waals surface area contributed by atoms with Gasteiger partial charge in [0.25, 0.3) is 0 Å². The third-order valence-electron chi connectivity index (χ3n) is 2.53. The number of hydrogen-bond acceptors (Lipinski definition) is 0. The van der Waals surface area contributed by atoms with Crippen LogP contribution in [0.25, 0.3) is 0 Å². The van der Waals surface area contributed by atoms with E-state index in [1.165, 1.54) is 0 Å². The first-order chi connectivity index (χ1) is 5.07. The molecule has 0 bridgehead atoms. The van der Waals surface area contributed by atoms with Gasteiger partial charge in [-0.05, 0) is 11.1 Å². The molecule has 2 heteroatoms. The molecule has 0 aromatic heterocycles. The van der Waals surface area contributed by atoms with Crippen molar-refractivity contribution in [3.63, 3.8) is 0 Å². The molecule has 0 aliphatic rings. The van der Waals surface area contributed by atoms with Crippen LogP contribution in [-0.4, -0.2) is 16.1 Å². The van der Waals surface area contributed by atoms with Gasteiger partial charge in [0.2, 0.25) is 0 Å². The minimum Gasteiger partial charge on any atom is -0.0695 e. The van der Waals surface area contributed by atoms with Gasteiger partial charge >= 0.3 is 0 Å². The van der Waals surface area contributed by atoms with Crippen LogP contribution < -0.4 is 0 Å². The third kappa shape index (κ3) is 3.44. The van der Waals surface area contributed by atoms with E-state index < -0.39 is 16.1 Å². The summed E-state index contributed by atoms with van der Waals surface area (Å²) in [5, 5.41) is 1.06. The Hall–Kier alpha value is 0.434. The van der Waals surface area contributed by atoms with Crippen molar-refractivity contribution in [1.82, 2.24) is 0 Å². The molecule has 0 aromatic carbocycles. The van der Waals surface area contributed by atoms with Gasteiger partial charge in [-0.1, -0.05) is 53.1 Å². The minimum atomic E-state index is -0.923. The highest BCUT2D eigenvalue weighted by molar-refractivity contribution is 6.96. The Morgan fingerprint density at radius 1 is 0.667 bits per heavy atom. The maximum Gasteiger partial charge on any atom is 0.0449 e. The molecule has 0 rings (SSSR count). The highest BCUT2D eigenvalue weighted by Gasteiger charge is 2.38. The normalized spacial score (nSPS) is 14.5. The highest BCUT2D eigenvalue weighted by atomic mass is 28.4. The van der Waals surface area contributed by atoms with Crippen LogP contribution in [0.15, 0.2) is 0 Å². The molecule has 0 aliphatic heterocycles. The maximum absolute atomic E-state index is 2.52. The second-order valence-electron chi connectivity index (χ2n) is 6.45. The van der Waals surface area contributed by atoms with Gasteiger partial charge in [0.1, 0.15) is 0 Å². The average molecular weight is 202 g/mol. The molecule has 0 saturated heterocycles. The molecule has 0 unspecified atom stereocenters. The van der Waals surface area contributed by atoms with Crippen LogP contribution in [0.3, 0.4) is 0 Å². The van der Waals surface area contributed by atoms with Crippen LogP contribution in [0.1, 0.15) is 13.8 Å². The molecule has 0 nitrogen and oxygen atoms in total. The van der Waals surface area contributed by atoms with Crippen molar-refractivity contribution in [2.24, 2.45) is 5.92 Å². The standard InChI is InChI=1S/C10H26Si2/c1-9(2)10(11(3,4)5)12(6,7)8/h9-10H,1-8H3. The summed E-state index contributed by atoms with van der Waals surface area (Å²) in [6.45, 7) is 20.0. The quantitative estimate of drug-likeness (QED) is 0.601. The van der Waals surface area contributed by atoms with Gasteiger partial charge in [-0.3, -0.25) is 0 Å². The molecule has 0 spiro atoms. The SMILES string of the molecule is CC(C)C([Si](C)(C)C)[Si](C)(C)C. The van der Waals surface area contributed by atoms with E-state index in [0.29, 0.717) is 0 Å². The predicted molar refractivity (Wildman–Crippen MR) is 65.3 cm³/mol. The molecule has 0 atom stereocenters. The molecular formula is C10H26Si2. The molecule has 0 aromatic rings. The van der Waals surface area contributed by atoms with Crippen molar-refractivity contribution in [2.45, 2.75) is 58.3 Å². The Labute approximate surface area is 80.8 Å². The van der Waals surface area contributed by atoms with Crippen LogP contribution >= 0.6 is 0 Å². The first kappa shape index (κ1) is 12.4. The molecule has 0 radical (unpaired) electrons. The lowest BCUT2D eigenvalue weighted by atomic mass is 10.3. The summed E-state index contributed by atoms with van der Waals surface area (Å²) in [7, 11) is -1.85. The summed E-state index contributed by atoms with van der Waals surface area (Å²) in [4.78, 5) is 0. The summed E-state index contributed by atoms with van der Waals surface area (Å²) in [6, 6.07) is 0. The van der Waals surface area contributed by atoms with Crippen molar-refractivity contribution in [3.8, 4) is 0 Å². The summed E-state index contributed by atoms with van der Waals surface area (Å²) < 4.78 is 0. The zero-order chi connectivity index (χ0) is 10.2. The molecule has 0 heterocycles. The Morgan fingerprint density at radius 2 is 0.917 bits per heavy atom. The van der Waals surface area contributed by atoms with Gasteiger partial charge in [0, 0.05) is 16.1 Å². The Kier molecular flexibility index (Phi) is 3.80. The molecule has 0 fully saturated rings. The molecular weight excluding hydrogens is 176 g/mol. The van der Waals surface area contributed by atoms with Crippen LogP contribution in [0.2, 0.25) is 44.4 Å². The second kappa shape index (κ2) is 3.66. The molecule has 0 amide bonds. The Balaban J connectivity index is 4.70. The van der Waals surface area contributed by atoms with E-state index in [4.69, 9.17) is 0 Å². The van der Waals surface area contributed by atoms with E-state index in [2.05, 4.69) is 53.1 Å². The topological polar surface area (TPSA) is 0 Å². The molecule has 12 heavy (non-hydrogen) atoms. The van der Waals surface area contributed by atoms with Crippen LogP contribution in [-0.2, 0) is 0 Å². The van der Waals surface area contributed by atoms with E-state index in [1.807, 2.05) is 0 Å². The first-order valence-electron chi connectivity index (χ1n) is 5.07. The van der Waals surface area contributed by atoms with Crippen molar-refractivity contribution in [1.29, 1.82) is 0 Å². The van der Waals surface area contributed by atoms with Crippen LogP contribution in [0, 0.1) is 5.92 Å². The fraction of sp³-hybridized carbons (Fsp3) is 1.00. The van der Waals surface area contributed by atoms with Gasteiger partial charge in [-0.15, -0.1) is 0 Å². The first-order valence-corrected chi connectivity index (χ1v) is 12.2.